The van der Waals surface area contributed by atoms with Crippen LogP contribution >= 0.6 is 0 Å². The summed E-state index contributed by atoms with van der Waals surface area (Å²) in [5.74, 6) is 0.207. The van der Waals surface area contributed by atoms with Gasteiger partial charge in [-0.1, -0.05) is 85.1 Å². The molecule has 2 rings (SSSR count). The van der Waals surface area contributed by atoms with Gasteiger partial charge >= 0.3 is 0 Å². The second-order valence-electron chi connectivity index (χ2n) is 9.57. The summed E-state index contributed by atoms with van der Waals surface area (Å²) in [4.78, 5) is 2.48. The molecular formula is C25H44N2O2S. The van der Waals surface area contributed by atoms with Crippen molar-refractivity contribution < 1.29 is 8.42 Å². The van der Waals surface area contributed by atoms with E-state index in [1.54, 1.807) is 0 Å². The van der Waals surface area contributed by atoms with Gasteiger partial charge in [-0.25, -0.2) is 8.42 Å². The average molecular weight is 437 g/mol. The highest BCUT2D eigenvalue weighted by Crippen LogP contribution is 2.46. The number of hydrogen-bond acceptors (Lipinski definition) is 3. The second kappa shape index (κ2) is 11.4. The van der Waals surface area contributed by atoms with Crippen molar-refractivity contribution in [2.75, 3.05) is 21.9 Å². The van der Waals surface area contributed by atoms with Gasteiger partial charge in [0.2, 0.25) is 10.0 Å². The number of nitrogens with zero attached hydrogens (tertiary/aromatic N) is 1. The van der Waals surface area contributed by atoms with Gasteiger partial charge in [-0.3, -0.25) is 4.72 Å². The highest BCUT2D eigenvalue weighted by atomic mass is 32.2. The first-order valence-corrected chi connectivity index (χ1v) is 13.8. The lowest BCUT2D eigenvalue weighted by Gasteiger charge is -2.31. The third kappa shape index (κ3) is 6.63. The number of hydrogen-bond donors (Lipinski definition) is 1. The summed E-state index contributed by atoms with van der Waals surface area (Å²) in [5, 5.41) is 0. The van der Waals surface area contributed by atoms with Gasteiger partial charge in [0, 0.05) is 23.7 Å². The van der Waals surface area contributed by atoms with Crippen molar-refractivity contribution in [3.05, 3.63) is 23.8 Å². The van der Waals surface area contributed by atoms with E-state index in [1.165, 1.54) is 56.2 Å². The molecule has 0 spiro atoms. The lowest BCUT2D eigenvalue weighted by Crippen LogP contribution is -2.39. The number of unbranched alkanes of at least 4 members (excludes halogenated alkanes) is 8. The summed E-state index contributed by atoms with van der Waals surface area (Å²) >= 11 is 0. The molecule has 0 aromatic heterocycles. The minimum absolute atomic E-state index is 0.0655. The Kier molecular flexibility index (Phi) is 9.52. The quantitative estimate of drug-likeness (QED) is 0.324. The molecule has 0 aliphatic carbocycles. The molecule has 1 N–H and O–H groups in total. The van der Waals surface area contributed by atoms with Crippen LogP contribution in [-0.4, -0.2) is 26.8 Å². The molecule has 30 heavy (non-hydrogen) atoms. The molecule has 1 heterocycles. The molecule has 0 fully saturated rings. The van der Waals surface area contributed by atoms with Crippen molar-refractivity contribution >= 4 is 21.4 Å². The van der Waals surface area contributed by atoms with E-state index >= 15 is 0 Å². The topological polar surface area (TPSA) is 49.4 Å². The molecule has 172 valence electrons. The Labute approximate surface area is 185 Å². The Morgan fingerprint density at radius 1 is 0.933 bits per heavy atom. The maximum atomic E-state index is 12.6. The molecule has 0 amide bonds. The molecule has 1 aliphatic rings. The summed E-state index contributed by atoms with van der Waals surface area (Å²) in [6.07, 6.45) is 11.5. The molecule has 4 nitrogen and oxygen atoms in total. The largest absolute Gasteiger partial charge is 0.368 e. The van der Waals surface area contributed by atoms with Crippen molar-refractivity contribution in [2.45, 2.75) is 110 Å². The molecule has 0 bridgehead atoms. The van der Waals surface area contributed by atoms with Crippen LogP contribution in [0.5, 0.6) is 0 Å². The van der Waals surface area contributed by atoms with Crippen LogP contribution in [0.4, 0.5) is 11.4 Å². The van der Waals surface area contributed by atoms with E-state index in [4.69, 9.17) is 0 Å². The van der Waals surface area contributed by atoms with Gasteiger partial charge < -0.3 is 4.90 Å². The normalized spacial score (nSPS) is 17.9. The van der Waals surface area contributed by atoms with Gasteiger partial charge in [-0.05, 0) is 37.5 Å². The monoisotopic (exact) mass is 436 g/mol. The molecule has 0 radical (unpaired) electrons. The second-order valence-corrected chi connectivity index (χ2v) is 11.4. The highest BCUT2D eigenvalue weighted by molar-refractivity contribution is 7.92. The molecule has 0 saturated heterocycles. The van der Waals surface area contributed by atoms with Crippen LogP contribution in [-0.2, 0) is 15.4 Å². The smallest absolute Gasteiger partial charge is 0.232 e. The molecule has 1 unspecified atom stereocenters. The number of sulfonamides is 1. The molecule has 1 aromatic rings. The van der Waals surface area contributed by atoms with E-state index in [1.807, 2.05) is 6.07 Å². The van der Waals surface area contributed by atoms with Crippen LogP contribution < -0.4 is 9.62 Å². The molecular weight excluding hydrogens is 392 g/mol. The third-order valence-corrected chi connectivity index (χ3v) is 8.18. The highest BCUT2D eigenvalue weighted by Gasteiger charge is 2.41. The number of rotatable bonds is 14. The zero-order valence-electron chi connectivity index (χ0n) is 20.0. The summed E-state index contributed by atoms with van der Waals surface area (Å²) in [6, 6.07) is 6.52. The number of fused-ring (bicyclic) bond motifs is 1. The van der Waals surface area contributed by atoms with Crippen LogP contribution in [0, 0.1) is 0 Å². The summed E-state index contributed by atoms with van der Waals surface area (Å²) in [5.41, 5.74) is 3.28. The van der Waals surface area contributed by atoms with E-state index in [9.17, 15) is 8.42 Å². The van der Waals surface area contributed by atoms with Gasteiger partial charge in [0.15, 0.2) is 0 Å². The van der Waals surface area contributed by atoms with Crippen LogP contribution in [0.2, 0.25) is 0 Å². The lowest BCUT2D eigenvalue weighted by molar-refractivity contribution is 0.437. The number of anilines is 2. The van der Waals surface area contributed by atoms with Gasteiger partial charge in [-0.2, -0.15) is 0 Å². The Bertz CT molecular complexity index is 758. The van der Waals surface area contributed by atoms with Gasteiger partial charge in [0.1, 0.15) is 0 Å². The summed E-state index contributed by atoms with van der Waals surface area (Å²) < 4.78 is 28.0. The number of benzene rings is 1. The Morgan fingerprint density at radius 3 is 2.20 bits per heavy atom. The van der Waals surface area contributed by atoms with Crippen molar-refractivity contribution in [1.82, 2.24) is 0 Å². The lowest BCUT2D eigenvalue weighted by atomic mass is 9.81. The van der Waals surface area contributed by atoms with E-state index < -0.39 is 10.0 Å². The van der Waals surface area contributed by atoms with Crippen LogP contribution in [0.3, 0.4) is 0 Å². The zero-order valence-corrected chi connectivity index (χ0v) is 20.8. The first-order valence-electron chi connectivity index (χ1n) is 12.1. The molecule has 1 atom stereocenters. The molecule has 0 saturated carbocycles. The maximum Gasteiger partial charge on any atom is 0.232 e. The SMILES string of the molecule is CCCCCCCCS(=O)(=O)Nc1ccc2c(c1)N(CCCCCC)C(C)C2(C)C. The van der Waals surface area contributed by atoms with Gasteiger partial charge in [0.25, 0.3) is 0 Å². The van der Waals surface area contributed by atoms with Crippen molar-refractivity contribution in [3.63, 3.8) is 0 Å². The first kappa shape index (κ1) is 25.0. The molecule has 1 aliphatic heterocycles. The minimum atomic E-state index is -3.30. The Hall–Kier alpha value is -1.23. The number of nitrogens with one attached hydrogen (secondary N) is 1. The standard InChI is InChI=1S/C25H44N2O2S/c1-6-8-10-12-13-15-19-30(28,29)26-22-16-17-23-24(20-22)27(18-14-11-9-7-2)21(3)25(23,4)5/h16-17,20-21,26H,6-15,18-19H2,1-5H3. The fraction of sp³-hybridized carbons (Fsp3) is 0.760. The van der Waals surface area contributed by atoms with Crippen molar-refractivity contribution in [3.8, 4) is 0 Å². The fourth-order valence-corrected chi connectivity index (χ4v) is 5.70. The predicted octanol–water partition coefficient (Wildman–Crippen LogP) is 6.86. The first-order chi connectivity index (χ1) is 14.2. The van der Waals surface area contributed by atoms with E-state index in [2.05, 4.69) is 56.4 Å². The van der Waals surface area contributed by atoms with Crippen LogP contribution in [0.25, 0.3) is 0 Å². The minimum Gasteiger partial charge on any atom is -0.368 e. The van der Waals surface area contributed by atoms with E-state index in [0.717, 1.165) is 25.8 Å². The van der Waals surface area contributed by atoms with Crippen molar-refractivity contribution in [2.24, 2.45) is 0 Å². The zero-order chi connectivity index (χ0) is 22.2. The van der Waals surface area contributed by atoms with Crippen molar-refractivity contribution in [1.29, 1.82) is 0 Å². The Morgan fingerprint density at radius 2 is 1.53 bits per heavy atom. The van der Waals surface area contributed by atoms with Crippen LogP contribution in [0.1, 0.15) is 104 Å². The third-order valence-electron chi connectivity index (χ3n) is 6.81. The predicted molar refractivity (Wildman–Crippen MR) is 131 cm³/mol. The fourth-order valence-electron chi connectivity index (χ4n) is 4.53. The van der Waals surface area contributed by atoms with Gasteiger partial charge in [-0.15, -0.1) is 0 Å². The molecule has 5 heteroatoms. The average Bonchev–Trinajstić information content (AvgIpc) is 2.87. The summed E-state index contributed by atoms with van der Waals surface area (Å²) in [7, 11) is -3.30. The molecule has 1 aromatic carbocycles. The maximum absolute atomic E-state index is 12.6. The summed E-state index contributed by atoms with van der Waals surface area (Å²) in [6.45, 7) is 12.4. The van der Waals surface area contributed by atoms with Crippen LogP contribution in [0.15, 0.2) is 18.2 Å². The van der Waals surface area contributed by atoms with E-state index in [0.29, 0.717) is 11.7 Å². The Balaban J connectivity index is 2.03. The van der Waals surface area contributed by atoms with Gasteiger partial charge in [0.05, 0.1) is 11.4 Å². The van der Waals surface area contributed by atoms with E-state index in [-0.39, 0.29) is 11.2 Å².